The summed E-state index contributed by atoms with van der Waals surface area (Å²) in [5.41, 5.74) is -0.00935. The Balaban J connectivity index is 1.72. The van der Waals surface area contributed by atoms with Gasteiger partial charge in [-0.05, 0) is 32.9 Å². The number of nitrogens with one attached hydrogen (secondary N) is 1. The molecule has 0 amide bonds. The summed E-state index contributed by atoms with van der Waals surface area (Å²) < 4.78 is 16.2. The van der Waals surface area contributed by atoms with Crippen LogP contribution < -0.4 is 5.32 Å². The topological polar surface area (TPSA) is 56.8 Å². The van der Waals surface area contributed by atoms with Crippen molar-refractivity contribution >= 4 is 5.97 Å². The normalized spacial score (nSPS) is 27.2. The van der Waals surface area contributed by atoms with Crippen molar-refractivity contribution in [3.8, 4) is 0 Å². The van der Waals surface area contributed by atoms with Crippen molar-refractivity contribution in [3.05, 3.63) is 0 Å². The van der Waals surface area contributed by atoms with E-state index in [4.69, 9.17) is 14.2 Å². The number of carbonyl (C=O) groups excluding carboxylic acids is 1. The van der Waals surface area contributed by atoms with Gasteiger partial charge in [0.05, 0.1) is 24.9 Å². The maximum Gasteiger partial charge on any atom is 0.332 e. The third-order valence-electron chi connectivity index (χ3n) is 3.43. The van der Waals surface area contributed by atoms with Gasteiger partial charge in [-0.15, -0.1) is 0 Å². The molecule has 0 aliphatic carbocycles. The van der Waals surface area contributed by atoms with Crippen molar-refractivity contribution in [1.82, 2.24) is 5.32 Å². The van der Waals surface area contributed by atoms with Crippen LogP contribution in [0.25, 0.3) is 0 Å². The molecule has 1 unspecified atom stereocenters. The van der Waals surface area contributed by atoms with Crippen molar-refractivity contribution in [3.63, 3.8) is 0 Å². The predicted octanol–water partition coefficient (Wildman–Crippen LogP) is 0.477. The highest BCUT2D eigenvalue weighted by Gasteiger charge is 2.41. The number of piperidine rings is 1. The van der Waals surface area contributed by atoms with E-state index in [9.17, 15) is 4.79 Å². The van der Waals surface area contributed by atoms with Crippen LogP contribution in [0.5, 0.6) is 0 Å². The number of esters is 1. The maximum absolute atomic E-state index is 11.2. The van der Waals surface area contributed by atoms with Gasteiger partial charge < -0.3 is 19.5 Å². The Morgan fingerprint density at radius 3 is 2.94 bits per heavy atom. The molecule has 5 heteroatoms. The first-order valence-corrected chi connectivity index (χ1v) is 6.36. The summed E-state index contributed by atoms with van der Waals surface area (Å²) in [5.74, 6) is -0.293. The fourth-order valence-electron chi connectivity index (χ4n) is 2.53. The van der Waals surface area contributed by atoms with Crippen LogP contribution in [0, 0.1) is 0 Å². The zero-order valence-electron chi connectivity index (χ0n) is 10.4. The molecule has 0 bridgehead atoms. The standard InChI is InChI=1S/C12H21NO4/c1-2-15-11(14)9-16-10-7-12(17-8-10)3-5-13-6-4-12/h10,13H,2-9H2,1H3. The Labute approximate surface area is 102 Å². The van der Waals surface area contributed by atoms with Gasteiger partial charge in [-0.3, -0.25) is 0 Å². The highest BCUT2D eigenvalue weighted by molar-refractivity contribution is 5.70. The van der Waals surface area contributed by atoms with Gasteiger partial charge in [-0.2, -0.15) is 0 Å². The van der Waals surface area contributed by atoms with E-state index in [1.165, 1.54) is 0 Å². The van der Waals surface area contributed by atoms with Crippen LogP contribution in [0.15, 0.2) is 0 Å². The van der Waals surface area contributed by atoms with Crippen LogP contribution in [-0.2, 0) is 19.0 Å². The first-order chi connectivity index (χ1) is 8.24. The van der Waals surface area contributed by atoms with Crippen LogP contribution in [0.4, 0.5) is 0 Å². The summed E-state index contributed by atoms with van der Waals surface area (Å²) in [6, 6.07) is 0. The largest absolute Gasteiger partial charge is 0.464 e. The minimum absolute atomic E-state index is 0.00935. The Bertz CT molecular complexity index is 263. The van der Waals surface area contributed by atoms with E-state index in [0.29, 0.717) is 13.2 Å². The summed E-state index contributed by atoms with van der Waals surface area (Å²) in [7, 11) is 0. The second-order valence-electron chi connectivity index (χ2n) is 4.69. The van der Waals surface area contributed by atoms with Gasteiger partial charge in [0.1, 0.15) is 6.61 Å². The molecule has 17 heavy (non-hydrogen) atoms. The van der Waals surface area contributed by atoms with Crippen molar-refractivity contribution in [2.24, 2.45) is 0 Å². The van der Waals surface area contributed by atoms with Crippen LogP contribution in [0.1, 0.15) is 26.2 Å². The first kappa shape index (κ1) is 12.8. The number of hydrogen-bond donors (Lipinski definition) is 1. The van der Waals surface area contributed by atoms with Crippen LogP contribution in [-0.4, -0.2) is 50.6 Å². The summed E-state index contributed by atoms with van der Waals surface area (Å²) in [4.78, 5) is 11.2. The second kappa shape index (κ2) is 5.80. The quantitative estimate of drug-likeness (QED) is 0.728. The zero-order chi connectivity index (χ0) is 12.1. The van der Waals surface area contributed by atoms with Gasteiger partial charge in [0.25, 0.3) is 0 Å². The zero-order valence-corrected chi connectivity index (χ0v) is 10.4. The van der Waals surface area contributed by atoms with Gasteiger partial charge in [0.2, 0.25) is 0 Å². The summed E-state index contributed by atoms with van der Waals surface area (Å²) in [6.07, 6.45) is 3.00. The maximum atomic E-state index is 11.2. The predicted molar refractivity (Wildman–Crippen MR) is 61.8 cm³/mol. The third-order valence-corrected chi connectivity index (χ3v) is 3.43. The summed E-state index contributed by atoms with van der Waals surface area (Å²) in [5, 5.41) is 3.32. The third kappa shape index (κ3) is 3.40. The van der Waals surface area contributed by atoms with Gasteiger partial charge in [-0.25, -0.2) is 4.79 Å². The molecule has 2 fully saturated rings. The minimum Gasteiger partial charge on any atom is -0.464 e. The molecule has 1 spiro atoms. The van der Waals surface area contributed by atoms with Crippen LogP contribution in [0.3, 0.4) is 0 Å². The molecule has 2 aliphatic rings. The van der Waals surface area contributed by atoms with Crippen molar-refractivity contribution in [2.45, 2.75) is 37.9 Å². The Morgan fingerprint density at radius 2 is 2.24 bits per heavy atom. The molecule has 98 valence electrons. The molecule has 0 aromatic heterocycles. The van der Waals surface area contributed by atoms with Crippen molar-refractivity contribution in [2.75, 3.05) is 32.9 Å². The molecule has 0 aromatic carbocycles. The molecule has 2 rings (SSSR count). The lowest BCUT2D eigenvalue weighted by Crippen LogP contribution is -2.41. The van der Waals surface area contributed by atoms with E-state index in [2.05, 4.69) is 5.32 Å². The molecule has 2 saturated heterocycles. The summed E-state index contributed by atoms with van der Waals surface area (Å²) in [6.45, 7) is 4.84. The van der Waals surface area contributed by atoms with E-state index in [1.807, 2.05) is 0 Å². The van der Waals surface area contributed by atoms with Crippen molar-refractivity contribution in [1.29, 1.82) is 0 Å². The second-order valence-corrected chi connectivity index (χ2v) is 4.69. The number of rotatable bonds is 4. The Kier molecular flexibility index (Phi) is 4.36. The molecule has 0 aromatic rings. The van der Waals surface area contributed by atoms with Crippen LogP contribution >= 0.6 is 0 Å². The highest BCUT2D eigenvalue weighted by atomic mass is 16.6. The number of ether oxygens (including phenoxy) is 3. The lowest BCUT2D eigenvalue weighted by atomic mass is 9.89. The van der Waals surface area contributed by atoms with Gasteiger partial charge >= 0.3 is 5.97 Å². The molecular weight excluding hydrogens is 222 g/mol. The fourth-order valence-corrected chi connectivity index (χ4v) is 2.53. The molecule has 0 saturated carbocycles. The molecule has 1 atom stereocenters. The molecular formula is C12H21NO4. The number of hydrogen-bond acceptors (Lipinski definition) is 5. The smallest absolute Gasteiger partial charge is 0.332 e. The molecule has 2 heterocycles. The SMILES string of the molecule is CCOC(=O)COC1COC2(CCNCC2)C1. The highest BCUT2D eigenvalue weighted by Crippen LogP contribution is 2.35. The Hall–Kier alpha value is -0.650. The van der Waals surface area contributed by atoms with Crippen molar-refractivity contribution < 1.29 is 19.0 Å². The molecule has 5 nitrogen and oxygen atoms in total. The lowest BCUT2D eigenvalue weighted by Gasteiger charge is -2.32. The molecule has 1 N–H and O–H groups in total. The lowest BCUT2D eigenvalue weighted by molar-refractivity contribution is -0.150. The average Bonchev–Trinajstić information content (AvgIpc) is 2.71. The van der Waals surface area contributed by atoms with E-state index >= 15 is 0 Å². The monoisotopic (exact) mass is 243 g/mol. The first-order valence-electron chi connectivity index (χ1n) is 6.36. The minimum atomic E-state index is -0.293. The van der Waals surface area contributed by atoms with Gasteiger partial charge in [0.15, 0.2) is 0 Å². The average molecular weight is 243 g/mol. The van der Waals surface area contributed by atoms with Gasteiger partial charge in [-0.1, -0.05) is 0 Å². The molecule has 2 aliphatic heterocycles. The van der Waals surface area contributed by atoms with E-state index < -0.39 is 0 Å². The fraction of sp³-hybridized carbons (Fsp3) is 0.917. The van der Waals surface area contributed by atoms with E-state index in [1.54, 1.807) is 6.92 Å². The summed E-state index contributed by atoms with van der Waals surface area (Å²) >= 11 is 0. The van der Waals surface area contributed by atoms with Gasteiger partial charge in [0, 0.05) is 6.42 Å². The Morgan fingerprint density at radius 1 is 1.47 bits per heavy atom. The molecule has 0 radical (unpaired) electrons. The van der Waals surface area contributed by atoms with Crippen LogP contribution in [0.2, 0.25) is 0 Å². The number of carbonyl (C=O) groups is 1. The van der Waals surface area contributed by atoms with E-state index in [0.717, 1.165) is 32.4 Å². The van der Waals surface area contributed by atoms with E-state index in [-0.39, 0.29) is 24.3 Å².